The van der Waals surface area contributed by atoms with Gasteiger partial charge in [-0.3, -0.25) is 4.79 Å². The number of nitrogens with zero attached hydrogens (tertiary/aromatic N) is 3. The summed E-state index contributed by atoms with van der Waals surface area (Å²) in [7, 11) is 0. The number of hydrogen-bond donors (Lipinski definition) is 2. The van der Waals surface area contributed by atoms with Crippen LogP contribution < -0.4 is 10.6 Å². The first-order chi connectivity index (χ1) is 11.1. The Hall–Kier alpha value is -2.19. The van der Waals surface area contributed by atoms with Crippen LogP contribution in [0.3, 0.4) is 0 Å². The van der Waals surface area contributed by atoms with E-state index in [0.29, 0.717) is 24.8 Å². The number of ketones is 1. The Morgan fingerprint density at radius 1 is 1.04 bits per heavy atom. The molecule has 132 valence electrons. The third kappa shape index (κ3) is 4.90. The summed E-state index contributed by atoms with van der Waals surface area (Å²) in [5.74, 6) is 0.184. The molecule has 0 aliphatic heterocycles. The number of nitrogens with one attached hydrogen (secondary N) is 2. The molecule has 2 rings (SSSR count). The number of carbonyl (C=O) groups excluding carboxylic acids is 1. The Balaban J connectivity index is 2.36. The van der Waals surface area contributed by atoms with Gasteiger partial charge in [-0.25, -0.2) is 0 Å². The number of rotatable bonds is 5. The highest BCUT2D eigenvalue weighted by molar-refractivity contribution is 5.97. The average molecular weight is 343 g/mol. The predicted octanol–water partition coefficient (Wildman–Crippen LogP) is 3.19. The molecule has 24 heavy (non-hydrogen) atoms. The number of anilines is 2. The van der Waals surface area contributed by atoms with Crippen LogP contribution in [0.4, 0.5) is 25.1 Å². The highest BCUT2D eigenvalue weighted by Crippen LogP contribution is 2.26. The third-order valence-corrected chi connectivity index (χ3v) is 3.38. The lowest BCUT2D eigenvalue weighted by Crippen LogP contribution is -2.34. The number of aromatic nitrogens is 3. The van der Waals surface area contributed by atoms with Crippen molar-refractivity contribution in [2.24, 2.45) is 0 Å². The minimum absolute atomic E-state index is 0.00453. The summed E-state index contributed by atoms with van der Waals surface area (Å²) < 4.78 is 38.2. The summed E-state index contributed by atoms with van der Waals surface area (Å²) in [6.07, 6.45) is -1.23. The van der Waals surface area contributed by atoms with Gasteiger partial charge in [-0.05, 0) is 39.7 Å². The topological polar surface area (TPSA) is 79.8 Å². The standard InChI is InChI=1S/C15H20F3N5O/c1-8(2)19-13-21-12(10-5-4-6-11(24)7-10)22-14(23-13)20-9(3)15(16,17)18/h7-9H,4-6H2,1-3H3,(H2,19,20,21,22,23)/t9-/m1/s1. The van der Waals surface area contributed by atoms with Crippen molar-refractivity contribution in [1.29, 1.82) is 0 Å². The van der Waals surface area contributed by atoms with E-state index in [9.17, 15) is 18.0 Å². The van der Waals surface area contributed by atoms with Crippen molar-refractivity contribution in [3.63, 3.8) is 0 Å². The van der Waals surface area contributed by atoms with E-state index in [1.165, 1.54) is 6.08 Å². The van der Waals surface area contributed by atoms with Crippen LogP contribution >= 0.6 is 0 Å². The molecule has 0 unspecified atom stereocenters. The molecule has 1 aromatic heterocycles. The average Bonchev–Trinajstić information content (AvgIpc) is 2.45. The molecule has 6 nitrogen and oxygen atoms in total. The lowest BCUT2D eigenvalue weighted by Gasteiger charge is -2.19. The van der Waals surface area contributed by atoms with Gasteiger partial charge < -0.3 is 10.6 Å². The molecule has 1 heterocycles. The van der Waals surface area contributed by atoms with Gasteiger partial charge >= 0.3 is 6.18 Å². The van der Waals surface area contributed by atoms with Gasteiger partial charge in [-0.15, -0.1) is 0 Å². The molecule has 0 amide bonds. The first-order valence-corrected chi connectivity index (χ1v) is 7.75. The lowest BCUT2D eigenvalue weighted by atomic mass is 9.98. The van der Waals surface area contributed by atoms with Crippen LogP contribution in [0, 0.1) is 0 Å². The second-order valence-electron chi connectivity index (χ2n) is 6.00. The number of allylic oxidation sites excluding steroid dienone is 2. The van der Waals surface area contributed by atoms with Crippen molar-refractivity contribution in [2.45, 2.75) is 58.3 Å². The predicted molar refractivity (Wildman–Crippen MR) is 84.6 cm³/mol. The minimum atomic E-state index is -4.42. The summed E-state index contributed by atoms with van der Waals surface area (Å²) >= 11 is 0. The quantitative estimate of drug-likeness (QED) is 0.855. The van der Waals surface area contributed by atoms with Crippen molar-refractivity contribution in [3.05, 3.63) is 11.9 Å². The Morgan fingerprint density at radius 2 is 1.67 bits per heavy atom. The molecule has 0 bridgehead atoms. The maximum atomic E-state index is 12.7. The molecular formula is C15H20F3N5O. The minimum Gasteiger partial charge on any atom is -0.352 e. The lowest BCUT2D eigenvalue weighted by molar-refractivity contribution is -0.138. The SMILES string of the molecule is CC(C)Nc1nc(N[C@H](C)C(F)(F)F)nc(C2=CC(=O)CCC2)n1. The number of alkyl halides is 3. The zero-order chi connectivity index (χ0) is 17.9. The fraction of sp³-hybridized carbons (Fsp3) is 0.600. The van der Waals surface area contributed by atoms with Crippen molar-refractivity contribution in [3.8, 4) is 0 Å². The maximum Gasteiger partial charge on any atom is 0.408 e. The molecule has 0 radical (unpaired) electrons. The first-order valence-electron chi connectivity index (χ1n) is 7.75. The van der Waals surface area contributed by atoms with E-state index in [-0.39, 0.29) is 29.5 Å². The summed E-state index contributed by atoms with van der Waals surface area (Å²) in [6.45, 7) is 4.71. The smallest absolute Gasteiger partial charge is 0.352 e. The molecule has 0 saturated heterocycles. The largest absolute Gasteiger partial charge is 0.408 e. The van der Waals surface area contributed by atoms with Crippen LogP contribution in [0.1, 0.15) is 45.9 Å². The van der Waals surface area contributed by atoms with Gasteiger partial charge in [0.05, 0.1) is 0 Å². The highest BCUT2D eigenvalue weighted by Gasteiger charge is 2.36. The van der Waals surface area contributed by atoms with Crippen molar-refractivity contribution in [2.75, 3.05) is 10.6 Å². The van der Waals surface area contributed by atoms with Gasteiger partial charge in [-0.1, -0.05) is 0 Å². The van der Waals surface area contributed by atoms with Gasteiger partial charge in [0.2, 0.25) is 11.9 Å². The monoisotopic (exact) mass is 343 g/mol. The van der Waals surface area contributed by atoms with Crippen molar-refractivity contribution in [1.82, 2.24) is 15.0 Å². The Kier molecular flexibility index (Phi) is 5.40. The fourth-order valence-electron chi connectivity index (χ4n) is 2.15. The van der Waals surface area contributed by atoms with E-state index in [1.54, 1.807) is 0 Å². The summed E-state index contributed by atoms with van der Waals surface area (Å²) in [5.41, 5.74) is 0.614. The molecule has 2 N–H and O–H groups in total. The van der Waals surface area contributed by atoms with E-state index >= 15 is 0 Å². The molecule has 1 aromatic rings. The van der Waals surface area contributed by atoms with Crippen LogP contribution in [-0.2, 0) is 4.79 Å². The zero-order valence-corrected chi connectivity index (χ0v) is 13.7. The third-order valence-electron chi connectivity index (χ3n) is 3.38. The Labute approximate surface area is 138 Å². The van der Waals surface area contributed by atoms with Crippen LogP contribution in [0.15, 0.2) is 6.08 Å². The molecule has 0 aromatic carbocycles. The molecule has 0 spiro atoms. The number of halogens is 3. The number of hydrogen-bond acceptors (Lipinski definition) is 6. The normalized spacial score (nSPS) is 16.8. The van der Waals surface area contributed by atoms with Gasteiger partial charge in [0, 0.05) is 18.0 Å². The first kappa shape index (κ1) is 18.2. The second-order valence-corrected chi connectivity index (χ2v) is 6.00. The van der Waals surface area contributed by atoms with Crippen LogP contribution in [0.25, 0.3) is 5.57 Å². The Bertz CT molecular complexity index is 642. The molecule has 1 aliphatic rings. The van der Waals surface area contributed by atoms with Gasteiger partial charge in [0.15, 0.2) is 11.6 Å². The molecule has 9 heteroatoms. The summed E-state index contributed by atoms with van der Waals surface area (Å²) in [5, 5.41) is 5.20. The zero-order valence-electron chi connectivity index (χ0n) is 13.7. The number of carbonyl (C=O) groups is 1. The maximum absolute atomic E-state index is 12.7. The fourth-order valence-corrected chi connectivity index (χ4v) is 2.15. The van der Waals surface area contributed by atoms with Gasteiger partial charge in [0.1, 0.15) is 6.04 Å². The molecule has 0 saturated carbocycles. The van der Waals surface area contributed by atoms with Crippen molar-refractivity contribution < 1.29 is 18.0 Å². The van der Waals surface area contributed by atoms with Crippen molar-refractivity contribution >= 4 is 23.3 Å². The molecular weight excluding hydrogens is 323 g/mol. The van der Waals surface area contributed by atoms with E-state index < -0.39 is 12.2 Å². The van der Waals surface area contributed by atoms with Crippen LogP contribution in [0.5, 0.6) is 0 Å². The summed E-state index contributed by atoms with van der Waals surface area (Å²) in [6, 6.07) is -1.81. The van der Waals surface area contributed by atoms with E-state index in [2.05, 4.69) is 25.6 Å². The highest BCUT2D eigenvalue weighted by atomic mass is 19.4. The second kappa shape index (κ2) is 7.14. The van der Waals surface area contributed by atoms with E-state index in [4.69, 9.17) is 0 Å². The van der Waals surface area contributed by atoms with Crippen LogP contribution in [0.2, 0.25) is 0 Å². The van der Waals surface area contributed by atoms with E-state index in [1.807, 2.05) is 13.8 Å². The van der Waals surface area contributed by atoms with Gasteiger partial charge in [0.25, 0.3) is 0 Å². The van der Waals surface area contributed by atoms with E-state index in [0.717, 1.165) is 6.92 Å². The molecule has 1 atom stereocenters. The molecule has 0 fully saturated rings. The Morgan fingerprint density at radius 3 is 2.21 bits per heavy atom. The van der Waals surface area contributed by atoms with Gasteiger partial charge in [-0.2, -0.15) is 28.1 Å². The van der Waals surface area contributed by atoms with Crippen LogP contribution in [-0.4, -0.2) is 39.0 Å². The molecule has 1 aliphatic carbocycles. The summed E-state index contributed by atoms with van der Waals surface area (Å²) in [4.78, 5) is 23.8.